The van der Waals surface area contributed by atoms with Crippen LogP contribution in [0.2, 0.25) is 0 Å². The van der Waals surface area contributed by atoms with Crippen molar-refractivity contribution >= 4 is 11.3 Å². The topological polar surface area (TPSA) is 42.1 Å². The van der Waals surface area contributed by atoms with Crippen molar-refractivity contribution in [3.8, 4) is 0 Å². The molecule has 0 bridgehead atoms. The van der Waals surface area contributed by atoms with Gasteiger partial charge in [-0.1, -0.05) is 6.92 Å². The third-order valence-electron chi connectivity index (χ3n) is 4.29. The minimum Gasteiger partial charge on any atom is -0.329 e. The summed E-state index contributed by atoms with van der Waals surface area (Å²) in [6, 6.07) is 0. The van der Waals surface area contributed by atoms with Crippen molar-refractivity contribution < 1.29 is 0 Å². The van der Waals surface area contributed by atoms with E-state index in [2.05, 4.69) is 30.8 Å². The SMILES string of the molecule is CCC(CN)(C1CC1)N(C)Cc1scnc1C. The lowest BCUT2D eigenvalue weighted by Gasteiger charge is -2.41. The fourth-order valence-electron chi connectivity index (χ4n) is 2.81. The number of likely N-dealkylation sites (N-methyl/N-ethyl adjacent to an activating group) is 1. The molecule has 1 atom stereocenters. The summed E-state index contributed by atoms with van der Waals surface area (Å²) < 4.78 is 0. The normalized spacial score (nSPS) is 19.6. The average molecular weight is 253 g/mol. The molecule has 0 aromatic carbocycles. The largest absolute Gasteiger partial charge is 0.329 e. The third-order valence-corrected chi connectivity index (χ3v) is 5.21. The Kier molecular flexibility index (Phi) is 3.85. The van der Waals surface area contributed by atoms with Gasteiger partial charge in [0, 0.05) is 23.5 Å². The van der Waals surface area contributed by atoms with Crippen molar-refractivity contribution in [2.45, 2.75) is 45.2 Å². The molecule has 0 aliphatic heterocycles. The van der Waals surface area contributed by atoms with Crippen molar-refractivity contribution in [3.63, 3.8) is 0 Å². The number of thiazole rings is 1. The molecule has 1 aromatic heterocycles. The lowest BCUT2D eigenvalue weighted by Crippen LogP contribution is -2.53. The Labute approximate surface area is 108 Å². The molecule has 1 heterocycles. The zero-order chi connectivity index (χ0) is 12.5. The van der Waals surface area contributed by atoms with E-state index in [0.717, 1.165) is 25.4 Å². The summed E-state index contributed by atoms with van der Waals surface area (Å²) in [5.41, 5.74) is 9.38. The Balaban J connectivity index is 2.11. The van der Waals surface area contributed by atoms with Gasteiger partial charge in [-0.3, -0.25) is 4.90 Å². The van der Waals surface area contributed by atoms with Crippen LogP contribution in [0.15, 0.2) is 5.51 Å². The predicted molar refractivity (Wildman–Crippen MR) is 73.1 cm³/mol. The highest BCUT2D eigenvalue weighted by Gasteiger charge is 2.45. The van der Waals surface area contributed by atoms with E-state index >= 15 is 0 Å². The molecule has 2 N–H and O–H groups in total. The van der Waals surface area contributed by atoms with Gasteiger partial charge in [0.2, 0.25) is 0 Å². The number of nitrogens with zero attached hydrogens (tertiary/aromatic N) is 2. The molecule has 0 spiro atoms. The van der Waals surface area contributed by atoms with Crippen LogP contribution in [-0.4, -0.2) is 29.0 Å². The van der Waals surface area contributed by atoms with Crippen molar-refractivity contribution in [3.05, 3.63) is 16.1 Å². The number of aromatic nitrogens is 1. The van der Waals surface area contributed by atoms with Crippen LogP contribution in [0.5, 0.6) is 0 Å². The molecule has 0 amide bonds. The van der Waals surface area contributed by atoms with Crippen molar-refractivity contribution in [2.75, 3.05) is 13.6 Å². The quantitative estimate of drug-likeness (QED) is 0.846. The summed E-state index contributed by atoms with van der Waals surface area (Å²) in [5.74, 6) is 0.802. The highest BCUT2D eigenvalue weighted by Crippen LogP contribution is 2.44. The summed E-state index contributed by atoms with van der Waals surface area (Å²) in [4.78, 5) is 8.16. The molecule has 1 saturated carbocycles. The Hall–Kier alpha value is -0.450. The van der Waals surface area contributed by atoms with Crippen LogP contribution < -0.4 is 5.73 Å². The van der Waals surface area contributed by atoms with Crippen molar-refractivity contribution in [1.82, 2.24) is 9.88 Å². The lowest BCUT2D eigenvalue weighted by atomic mass is 9.88. The Morgan fingerprint density at radius 1 is 1.59 bits per heavy atom. The van der Waals surface area contributed by atoms with Gasteiger partial charge in [0.1, 0.15) is 0 Å². The first-order valence-electron chi connectivity index (χ1n) is 6.44. The Morgan fingerprint density at radius 3 is 2.71 bits per heavy atom. The maximum atomic E-state index is 6.07. The molecular weight excluding hydrogens is 230 g/mol. The first kappa shape index (κ1) is 13.0. The monoisotopic (exact) mass is 253 g/mol. The fraction of sp³-hybridized carbons (Fsp3) is 0.769. The molecule has 1 unspecified atom stereocenters. The summed E-state index contributed by atoms with van der Waals surface area (Å²) in [7, 11) is 2.22. The maximum Gasteiger partial charge on any atom is 0.0798 e. The van der Waals surface area contributed by atoms with Crippen LogP contribution >= 0.6 is 11.3 Å². The van der Waals surface area contributed by atoms with E-state index in [0.29, 0.717) is 0 Å². The second-order valence-electron chi connectivity index (χ2n) is 5.15. The second kappa shape index (κ2) is 5.04. The van der Waals surface area contributed by atoms with Crippen LogP contribution in [-0.2, 0) is 6.54 Å². The molecule has 1 aliphatic rings. The van der Waals surface area contributed by atoms with Crippen molar-refractivity contribution in [2.24, 2.45) is 11.7 Å². The molecule has 1 aromatic rings. The van der Waals surface area contributed by atoms with Gasteiger partial charge < -0.3 is 5.73 Å². The molecule has 17 heavy (non-hydrogen) atoms. The summed E-state index contributed by atoms with van der Waals surface area (Å²) in [6.07, 6.45) is 3.83. The zero-order valence-electron chi connectivity index (χ0n) is 11.1. The van der Waals surface area contributed by atoms with Gasteiger partial charge >= 0.3 is 0 Å². The molecular formula is C13H23N3S. The highest BCUT2D eigenvalue weighted by molar-refractivity contribution is 7.09. The van der Waals surface area contributed by atoms with E-state index < -0.39 is 0 Å². The second-order valence-corrected chi connectivity index (χ2v) is 6.09. The molecule has 4 heteroatoms. The standard InChI is InChI=1S/C13H23N3S/c1-4-13(8-14,11-5-6-11)16(3)7-12-10(2)15-9-17-12/h9,11H,4-8,14H2,1-3H3. The van der Waals surface area contributed by atoms with Crippen LogP contribution in [0.25, 0.3) is 0 Å². The van der Waals surface area contributed by atoms with E-state index in [4.69, 9.17) is 5.73 Å². The Bertz CT molecular complexity index is 366. The zero-order valence-corrected chi connectivity index (χ0v) is 11.9. The average Bonchev–Trinajstić information content (AvgIpc) is 3.08. The first-order valence-corrected chi connectivity index (χ1v) is 7.32. The van der Waals surface area contributed by atoms with Crippen LogP contribution in [0.1, 0.15) is 36.8 Å². The van der Waals surface area contributed by atoms with E-state index in [1.54, 1.807) is 11.3 Å². The third kappa shape index (κ3) is 2.39. The van der Waals surface area contributed by atoms with Crippen LogP contribution in [0, 0.1) is 12.8 Å². The van der Waals surface area contributed by atoms with Crippen molar-refractivity contribution in [1.29, 1.82) is 0 Å². The molecule has 1 fully saturated rings. The molecule has 2 rings (SSSR count). The minimum atomic E-state index is 0.205. The minimum absolute atomic E-state index is 0.205. The number of hydrogen-bond acceptors (Lipinski definition) is 4. The molecule has 0 saturated heterocycles. The molecule has 96 valence electrons. The van der Waals surface area contributed by atoms with Gasteiger partial charge in [0.05, 0.1) is 11.2 Å². The van der Waals surface area contributed by atoms with E-state index in [-0.39, 0.29) is 5.54 Å². The summed E-state index contributed by atoms with van der Waals surface area (Å²) in [6.45, 7) is 6.11. The fourth-order valence-corrected chi connectivity index (χ4v) is 3.64. The molecule has 3 nitrogen and oxygen atoms in total. The summed E-state index contributed by atoms with van der Waals surface area (Å²) in [5, 5.41) is 0. The van der Waals surface area contributed by atoms with E-state index in [9.17, 15) is 0 Å². The molecule has 0 radical (unpaired) electrons. The summed E-state index contributed by atoms with van der Waals surface area (Å²) >= 11 is 1.75. The Morgan fingerprint density at radius 2 is 2.29 bits per heavy atom. The smallest absolute Gasteiger partial charge is 0.0798 e. The van der Waals surface area contributed by atoms with Gasteiger partial charge in [-0.05, 0) is 39.2 Å². The van der Waals surface area contributed by atoms with Crippen LogP contribution in [0.4, 0.5) is 0 Å². The number of nitrogens with two attached hydrogens (primary N) is 1. The van der Waals surface area contributed by atoms with E-state index in [1.165, 1.54) is 23.4 Å². The van der Waals surface area contributed by atoms with Gasteiger partial charge in [0.25, 0.3) is 0 Å². The maximum absolute atomic E-state index is 6.07. The van der Waals surface area contributed by atoms with Gasteiger partial charge in [-0.2, -0.15) is 0 Å². The van der Waals surface area contributed by atoms with Gasteiger partial charge in [-0.25, -0.2) is 4.98 Å². The van der Waals surface area contributed by atoms with Gasteiger partial charge in [0.15, 0.2) is 0 Å². The van der Waals surface area contributed by atoms with Gasteiger partial charge in [-0.15, -0.1) is 11.3 Å². The number of rotatable bonds is 6. The first-order chi connectivity index (χ1) is 8.14. The lowest BCUT2D eigenvalue weighted by molar-refractivity contribution is 0.0899. The van der Waals surface area contributed by atoms with Crippen LogP contribution in [0.3, 0.4) is 0 Å². The predicted octanol–water partition coefficient (Wildman–Crippen LogP) is 2.40. The van der Waals surface area contributed by atoms with E-state index in [1.807, 2.05) is 5.51 Å². The number of hydrogen-bond donors (Lipinski definition) is 1. The number of aryl methyl sites for hydroxylation is 1. The highest BCUT2D eigenvalue weighted by atomic mass is 32.1. The molecule has 1 aliphatic carbocycles.